The number of hydrogen-bond acceptors (Lipinski definition) is 15. The summed E-state index contributed by atoms with van der Waals surface area (Å²) in [5.41, 5.74) is -2.48. The summed E-state index contributed by atoms with van der Waals surface area (Å²) in [4.78, 5) is 13.5. The fourth-order valence-electron chi connectivity index (χ4n) is 5.39. The molecule has 10 atom stereocenters. The molecule has 3 heterocycles. The smallest absolute Gasteiger partial charge is 0.197 e. The number of rotatable bonds is 5. The second-order valence-corrected chi connectivity index (χ2v) is 10.2. The summed E-state index contributed by atoms with van der Waals surface area (Å²) >= 11 is 0. The van der Waals surface area contributed by atoms with Gasteiger partial charge in [0, 0.05) is 11.6 Å². The van der Waals surface area contributed by atoms with Crippen molar-refractivity contribution < 1.29 is 70.1 Å². The summed E-state index contributed by atoms with van der Waals surface area (Å²) in [5.74, 6) is -2.20. The number of hydrogen-bond donors (Lipinski definition) is 11. The SMILES string of the molecule is O=c1cc(-c2ccc(O)cc2)oc2c([C@@H]3O[C@@H](CO)[C@H](O)[C@@H](O)[C@@H]3O)c(O)c([C@@H]3O[C@@H](CO)[C@H](O)[C@@H](O)[C@@H]3O)c(O)c12. The highest BCUT2D eigenvalue weighted by molar-refractivity contribution is 5.92. The van der Waals surface area contributed by atoms with E-state index in [-0.39, 0.29) is 17.1 Å². The van der Waals surface area contributed by atoms with Gasteiger partial charge in [-0.15, -0.1) is 0 Å². The molecule has 42 heavy (non-hydrogen) atoms. The molecule has 2 aliphatic rings. The van der Waals surface area contributed by atoms with E-state index in [0.29, 0.717) is 0 Å². The maximum Gasteiger partial charge on any atom is 0.197 e. The highest BCUT2D eigenvalue weighted by Crippen LogP contribution is 2.51. The summed E-state index contributed by atoms with van der Waals surface area (Å²) in [7, 11) is 0. The number of ether oxygens (including phenoxy) is 2. The van der Waals surface area contributed by atoms with Crippen molar-refractivity contribution in [2.24, 2.45) is 0 Å². The van der Waals surface area contributed by atoms with E-state index >= 15 is 0 Å². The minimum Gasteiger partial charge on any atom is -0.508 e. The van der Waals surface area contributed by atoms with Crippen LogP contribution >= 0.6 is 0 Å². The Morgan fingerprint density at radius 3 is 1.64 bits per heavy atom. The van der Waals surface area contributed by atoms with Crippen molar-refractivity contribution in [3.63, 3.8) is 0 Å². The summed E-state index contributed by atoms with van der Waals surface area (Å²) in [6, 6.07) is 6.37. The van der Waals surface area contributed by atoms with E-state index in [9.17, 15) is 61.0 Å². The third-order valence-electron chi connectivity index (χ3n) is 7.70. The van der Waals surface area contributed by atoms with Crippen molar-refractivity contribution in [2.45, 2.75) is 61.0 Å². The van der Waals surface area contributed by atoms with Gasteiger partial charge in [-0.3, -0.25) is 4.79 Å². The number of benzene rings is 2. The molecular formula is C27H30O15. The zero-order valence-corrected chi connectivity index (χ0v) is 21.6. The Balaban J connectivity index is 1.82. The van der Waals surface area contributed by atoms with Gasteiger partial charge >= 0.3 is 0 Å². The number of phenols is 3. The quantitative estimate of drug-likeness (QED) is 0.147. The molecule has 0 spiro atoms. The first kappa shape index (κ1) is 30.1. The molecule has 15 heteroatoms. The first-order chi connectivity index (χ1) is 19.9. The summed E-state index contributed by atoms with van der Waals surface area (Å²) < 4.78 is 17.0. The van der Waals surface area contributed by atoms with Crippen LogP contribution in [0.1, 0.15) is 23.3 Å². The minimum atomic E-state index is -2.02. The Labute approximate surface area is 235 Å². The molecule has 2 aliphatic heterocycles. The maximum absolute atomic E-state index is 13.5. The summed E-state index contributed by atoms with van der Waals surface area (Å²) in [6.45, 7) is -1.70. The van der Waals surface area contributed by atoms with Crippen LogP contribution in [0.4, 0.5) is 0 Å². The van der Waals surface area contributed by atoms with Crippen molar-refractivity contribution >= 4 is 11.0 Å². The number of aliphatic hydroxyl groups is 8. The largest absolute Gasteiger partial charge is 0.508 e. The molecular weight excluding hydrogens is 564 g/mol. The van der Waals surface area contributed by atoms with E-state index in [0.717, 1.165) is 6.07 Å². The number of aliphatic hydroxyl groups excluding tert-OH is 8. The number of fused-ring (bicyclic) bond motifs is 1. The van der Waals surface area contributed by atoms with Crippen LogP contribution in [-0.4, -0.2) is 118 Å². The third kappa shape index (κ3) is 4.79. The predicted molar refractivity (Wildman–Crippen MR) is 138 cm³/mol. The van der Waals surface area contributed by atoms with E-state index in [1.165, 1.54) is 24.3 Å². The lowest BCUT2D eigenvalue weighted by molar-refractivity contribution is -0.234. The number of phenolic OH excluding ortho intramolecular Hbond substituents is 3. The zero-order chi connectivity index (χ0) is 30.6. The molecule has 2 fully saturated rings. The van der Waals surface area contributed by atoms with Crippen LogP contribution in [-0.2, 0) is 9.47 Å². The Bertz CT molecular complexity index is 1500. The van der Waals surface area contributed by atoms with Gasteiger partial charge in [0.15, 0.2) is 11.0 Å². The topological polar surface area (TPSA) is 271 Å². The fraction of sp³-hybridized carbons (Fsp3) is 0.444. The van der Waals surface area contributed by atoms with E-state index < -0.39 is 113 Å². The van der Waals surface area contributed by atoms with Crippen LogP contribution in [0.25, 0.3) is 22.3 Å². The van der Waals surface area contributed by atoms with Crippen molar-refractivity contribution in [1.82, 2.24) is 0 Å². The first-order valence-corrected chi connectivity index (χ1v) is 12.9. The number of aromatic hydroxyl groups is 3. The highest BCUT2D eigenvalue weighted by atomic mass is 16.6. The van der Waals surface area contributed by atoms with Crippen molar-refractivity contribution in [2.75, 3.05) is 13.2 Å². The van der Waals surface area contributed by atoms with Crippen LogP contribution in [0.2, 0.25) is 0 Å². The van der Waals surface area contributed by atoms with Crippen molar-refractivity contribution in [3.8, 4) is 28.6 Å². The molecule has 2 aromatic carbocycles. The van der Waals surface area contributed by atoms with E-state index in [1.807, 2.05) is 0 Å². The second kappa shape index (κ2) is 11.4. The lowest BCUT2D eigenvalue weighted by atomic mass is 9.85. The molecule has 0 unspecified atom stereocenters. The van der Waals surface area contributed by atoms with Crippen LogP contribution in [0, 0.1) is 0 Å². The molecule has 3 aromatic rings. The Morgan fingerprint density at radius 2 is 1.14 bits per heavy atom. The zero-order valence-electron chi connectivity index (χ0n) is 21.6. The standard InChI is InChI=1S/C27H30O15/c28-6-12-17(32)21(36)23(38)26(41-12)15-19(34)14-10(31)5-11(8-1-3-9(30)4-2-8)40-25(14)16(20(15)35)27-24(39)22(37)18(33)13(7-29)42-27/h1-5,12-13,17-18,21-24,26-30,32-39H,6-7H2/t12-,13-,17-,18-,21+,22+,23-,24-,26-,27-/m0/s1. The first-order valence-electron chi connectivity index (χ1n) is 12.9. The molecule has 0 aliphatic carbocycles. The summed E-state index contributed by atoms with van der Waals surface area (Å²) in [5, 5.41) is 114. The van der Waals surface area contributed by atoms with Crippen LogP contribution in [0.3, 0.4) is 0 Å². The maximum atomic E-state index is 13.5. The van der Waals surface area contributed by atoms with Gasteiger partial charge in [0.1, 0.15) is 89.4 Å². The van der Waals surface area contributed by atoms with Gasteiger partial charge in [0.2, 0.25) is 0 Å². The van der Waals surface area contributed by atoms with Gasteiger partial charge in [-0.1, -0.05) is 0 Å². The molecule has 11 N–H and O–H groups in total. The van der Waals surface area contributed by atoms with E-state index in [4.69, 9.17) is 13.9 Å². The van der Waals surface area contributed by atoms with Crippen molar-refractivity contribution in [3.05, 3.63) is 51.7 Å². The van der Waals surface area contributed by atoms with Gasteiger partial charge in [-0.05, 0) is 24.3 Å². The molecule has 0 saturated carbocycles. The molecule has 15 nitrogen and oxygen atoms in total. The predicted octanol–water partition coefficient (Wildman–Crippen LogP) is -2.39. The van der Waals surface area contributed by atoms with Crippen LogP contribution in [0.15, 0.2) is 39.5 Å². The molecule has 228 valence electrons. The fourth-order valence-corrected chi connectivity index (χ4v) is 5.39. The summed E-state index contributed by atoms with van der Waals surface area (Å²) in [6.07, 6.45) is -18.2. The Hall–Kier alpha value is -3.35. The lowest BCUT2D eigenvalue weighted by Crippen LogP contribution is -2.55. The highest BCUT2D eigenvalue weighted by Gasteiger charge is 2.50. The molecule has 0 radical (unpaired) electrons. The average Bonchev–Trinajstić information content (AvgIpc) is 2.97. The molecule has 0 bridgehead atoms. The van der Waals surface area contributed by atoms with Gasteiger partial charge < -0.3 is 70.1 Å². The Morgan fingerprint density at radius 1 is 0.643 bits per heavy atom. The van der Waals surface area contributed by atoms with Gasteiger partial charge in [0.05, 0.1) is 24.3 Å². The van der Waals surface area contributed by atoms with Gasteiger partial charge in [-0.25, -0.2) is 0 Å². The molecule has 0 amide bonds. The van der Waals surface area contributed by atoms with Crippen LogP contribution in [0.5, 0.6) is 17.2 Å². The van der Waals surface area contributed by atoms with Crippen LogP contribution < -0.4 is 5.43 Å². The van der Waals surface area contributed by atoms with E-state index in [1.54, 1.807) is 0 Å². The van der Waals surface area contributed by atoms with Crippen molar-refractivity contribution in [1.29, 1.82) is 0 Å². The average molecular weight is 595 g/mol. The minimum absolute atomic E-state index is 0.0941. The monoisotopic (exact) mass is 594 g/mol. The molecule has 1 aromatic heterocycles. The normalized spacial score (nSPS) is 33.6. The van der Waals surface area contributed by atoms with Gasteiger partial charge in [-0.2, -0.15) is 0 Å². The van der Waals surface area contributed by atoms with E-state index in [2.05, 4.69) is 0 Å². The lowest BCUT2D eigenvalue weighted by Gasteiger charge is -2.42. The second-order valence-electron chi connectivity index (χ2n) is 10.2. The molecule has 5 rings (SSSR count). The third-order valence-corrected chi connectivity index (χ3v) is 7.70. The van der Waals surface area contributed by atoms with Gasteiger partial charge in [0.25, 0.3) is 0 Å². The Kier molecular flexibility index (Phi) is 8.16. The molecule has 2 saturated heterocycles.